The van der Waals surface area contributed by atoms with E-state index in [1.165, 1.54) is 24.9 Å². The summed E-state index contributed by atoms with van der Waals surface area (Å²) in [6, 6.07) is 10.7. The molecule has 1 aromatic carbocycles. The fourth-order valence-corrected chi connectivity index (χ4v) is 2.67. The molecule has 1 aliphatic heterocycles. The third-order valence-electron chi connectivity index (χ3n) is 2.62. The van der Waals surface area contributed by atoms with E-state index in [9.17, 15) is 0 Å². The first kappa shape index (κ1) is 9.78. The molecule has 0 N–H and O–H groups in total. The van der Waals surface area contributed by atoms with Crippen LogP contribution in [0.4, 0.5) is 0 Å². The molecule has 0 spiro atoms. The van der Waals surface area contributed by atoms with Gasteiger partial charge in [0.05, 0.1) is 0 Å². The molecule has 0 amide bonds. The van der Waals surface area contributed by atoms with Gasteiger partial charge in [-0.1, -0.05) is 42.1 Å². The van der Waals surface area contributed by atoms with Crippen LogP contribution in [0.5, 0.6) is 0 Å². The van der Waals surface area contributed by atoms with Crippen molar-refractivity contribution in [3.63, 3.8) is 0 Å². The Kier molecular flexibility index (Phi) is 3.25. The molecule has 0 radical (unpaired) electrons. The summed E-state index contributed by atoms with van der Waals surface area (Å²) < 4.78 is 2.50. The lowest BCUT2D eigenvalue weighted by Gasteiger charge is -2.00. The maximum Gasteiger partial charge on any atom is 0.210 e. The number of hydrogen-bond acceptors (Lipinski definition) is 1. The van der Waals surface area contributed by atoms with E-state index in [0.29, 0.717) is 0 Å². The second-order valence-corrected chi connectivity index (χ2v) is 4.49. The van der Waals surface area contributed by atoms with Crippen molar-refractivity contribution in [3.05, 3.63) is 35.9 Å². The predicted octanol–water partition coefficient (Wildman–Crippen LogP) is 2.75. The van der Waals surface area contributed by atoms with Crippen molar-refractivity contribution < 1.29 is 4.58 Å². The minimum Gasteiger partial charge on any atom is -0.224 e. The largest absolute Gasteiger partial charge is 0.224 e. The molecule has 1 aromatic rings. The lowest BCUT2D eigenvalue weighted by Crippen LogP contribution is -2.12. The summed E-state index contributed by atoms with van der Waals surface area (Å²) in [5.74, 6) is 0. The molecule has 0 bridgehead atoms. The minimum absolute atomic E-state index is 1.08. The van der Waals surface area contributed by atoms with Gasteiger partial charge in [-0.3, -0.25) is 0 Å². The molecular formula is C12H16NS+. The van der Waals surface area contributed by atoms with Gasteiger partial charge in [0.2, 0.25) is 5.04 Å². The quantitative estimate of drug-likeness (QED) is 0.672. The Hall–Kier alpha value is -0.760. The van der Waals surface area contributed by atoms with Gasteiger partial charge in [-0.25, -0.2) is 4.58 Å². The smallest absolute Gasteiger partial charge is 0.210 e. The molecule has 0 saturated heterocycles. The molecule has 2 rings (SSSR count). The molecule has 1 heterocycles. The molecule has 0 fully saturated rings. The number of benzene rings is 1. The summed E-state index contributed by atoms with van der Waals surface area (Å²) in [7, 11) is 0. The van der Waals surface area contributed by atoms with E-state index in [1.807, 2.05) is 11.8 Å². The number of hydrogen-bond donors (Lipinski definition) is 0. The topological polar surface area (TPSA) is 3.01 Å². The molecule has 1 aliphatic rings. The fraction of sp³-hybridized carbons (Fsp3) is 0.417. The van der Waals surface area contributed by atoms with Crippen molar-refractivity contribution in [2.45, 2.75) is 19.4 Å². The van der Waals surface area contributed by atoms with Crippen LogP contribution >= 0.6 is 11.8 Å². The molecule has 74 valence electrons. The third-order valence-corrected chi connectivity index (χ3v) is 3.56. The lowest BCUT2D eigenvalue weighted by atomic mass is 10.2. The van der Waals surface area contributed by atoms with Gasteiger partial charge in [-0.2, -0.15) is 0 Å². The molecule has 14 heavy (non-hydrogen) atoms. The van der Waals surface area contributed by atoms with Crippen molar-refractivity contribution in [2.24, 2.45) is 0 Å². The van der Waals surface area contributed by atoms with Gasteiger partial charge in [-0.15, -0.1) is 0 Å². The summed E-state index contributed by atoms with van der Waals surface area (Å²) in [6.45, 7) is 2.31. The maximum absolute atomic E-state index is 2.50. The van der Waals surface area contributed by atoms with Gasteiger partial charge >= 0.3 is 0 Å². The third kappa shape index (κ3) is 2.18. The number of thioether (sulfide) groups is 1. The standard InChI is InChI=1S/C12H16NS/c1-14-12-8-5-9-13(12)10-11-6-3-2-4-7-11/h2-4,6-7H,5,8-10H2,1H3/q+1. The molecule has 0 atom stereocenters. The maximum atomic E-state index is 2.50. The normalized spacial score (nSPS) is 16.4. The van der Waals surface area contributed by atoms with Gasteiger partial charge in [-0.05, 0) is 6.26 Å². The number of rotatable bonds is 2. The van der Waals surface area contributed by atoms with E-state index in [0.717, 1.165) is 6.54 Å². The average molecular weight is 206 g/mol. The van der Waals surface area contributed by atoms with Crippen LogP contribution < -0.4 is 0 Å². The highest BCUT2D eigenvalue weighted by molar-refractivity contribution is 8.13. The lowest BCUT2D eigenvalue weighted by molar-refractivity contribution is -0.533. The Bertz CT molecular complexity index is 329. The van der Waals surface area contributed by atoms with Crippen LogP contribution in [0.1, 0.15) is 18.4 Å². The van der Waals surface area contributed by atoms with Gasteiger partial charge in [0.25, 0.3) is 0 Å². The van der Waals surface area contributed by atoms with Gasteiger partial charge in [0.1, 0.15) is 6.54 Å². The Labute approximate surface area is 89.8 Å². The second kappa shape index (κ2) is 4.65. The number of nitrogens with zero attached hydrogens (tertiary/aromatic N) is 1. The van der Waals surface area contributed by atoms with Gasteiger partial charge in [0, 0.05) is 18.4 Å². The van der Waals surface area contributed by atoms with E-state index in [4.69, 9.17) is 0 Å². The Morgan fingerprint density at radius 2 is 2.07 bits per heavy atom. The van der Waals surface area contributed by atoms with Crippen molar-refractivity contribution in [1.82, 2.24) is 0 Å². The SMILES string of the molecule is CSC1=[N+](Cc2ccccc2)CCC1. The highest BCUT2D eigenvalue weighted by Crippen LogP contribution is 2.15. The highest BCUT2D eigenvalue weighted by Gasteiger charge is 2.20. The summed E-state index contributed by atoms with van der Waals surface area (Å²) >= 11 is 1.90. The monoisotopic (exact) mass is 206 g/mol. The van der Waals surface area contributed by atoms with Crippen LogP contribution in [0.25, 0.3) is 0 Å². The van der Waals surface area contributed by atoms with Gasteiger partial charge < -0.3 is 0 Å². The van der Waals surface area contributed by atoms with Gasteiger partial charge in [0.15, 0.2) is 6.54 Å². The van der Waals surface area contributed by atoms with E-state index >= 15 is 0 Å². The summed E-state index contributed by atoms with van der Waals surface area (Å²) in [6.07, 6.45) is 4.77. The summed E-state index contributed by atoms with van der Waals surface area (Å²) in [5.41, 5.74) is 1.42. The van der Waals surface area contributed by atoms with Crippen LogP contribution in [-0.4, -0.2) is 22.4 Å². The second-order valence-electron chi connectivity index (χ2n) is 3.61. The summed E-state index contributed by atoms with van der Waals surface area (Å²) in [5, 5.41) is 1.55. The average Bonchev–Trinajstić information content (AvgIpc) is 2.67. The fourth-order valence-electron chi connectivity index (χ4n) is 1.91. The zero-order valence-corrected chi connectivity index (χ0v) is 9.39. The summed E-state index contributed by atoms with van der Waals surface area (Å²) in [4.78, 5) is 0. The van der Waals surface area contributed by atoms with Crippen LogP contribution in [0, 0.1) is 0 Å². The van der Waals surface area contributed by atoms with E-state index in [1.54, 1.807) is 5.04 Å². The van der Waals surface area contributed by atoms with Crippen molar-refractivity contribution in [2.75, 3.05) is 12.8 Å². The zero-order valence-electron chi connectivity index (χ0n) is 8.57. The van der Waals surface area contributed by atoms with Crippen LogP contribution in [0.2, 0.25) is 0 Å². The minimum atomic E-state index is 1.08. The Morgan fingerprint density at radius 3 is 2.79 bits per heavy atom. The molecule has 0 saturated carbocycles. The molecule has 0 aromatic heterocycles. The Balaban J connectivity index is 2.11. The van der Waals surface area contributed by atoms with Crippen molar-refractivity contribution in [1.29, 1.82) is 0 Å². The van der Waals surface area contributed by atoms with Crippen LogP contribution in [0.3, 0.4) is 0 Å². The van der Waals surface area contributed by atoms with Crippen LogP contribution in [-0.2, 0) is 6.54 Å². The Morgan fingerprint density at radius 1 is 1.29 bits per heavy atom. The first-order valence-electron chi connectivity index (χ1n) is 5.09. The highest BCUT2D eigenvalue weighted by atomic mass is 32.2. The van der Waals surface area contributed by atoms with E-state index in [-0.39, 0.29) is 0 Å². The van der Waals surface area contributed by atoms with Crippen molar-refractivity contribution >= 4 is 16.8 Å². The zero-order chi connectivity index (χ0) is 9.80. The first-order chi connectivity index (χ1) is 6.90. The first-order valence-corrected chi connectivity index (χ1v) is 6.31. The molecule has 0 aliphatic carbocycles. The molecular weight excluding hydrogens is 190 g/mol. The molecule has 0 unspecified atom stereocenters. The van der Waals surface area contributed by atoms with E-state index < -0.39 is 0 Å². The molecule has 1 nitrogen and oxygen atoms in total. The van der Waals surface area contributed by atoms with Crippen molar-refractivity contribution in [3.8, 4) is 0 Å². The van der Waals surface area contributed by atoms with E-state index in [2.05, 4.69) is 41.2 Å². The predicted molar refractivity (Wildman–Crippen MR) is 63.0 cm³/mol. The van der Waals surface area contributed by atoms with Crippen LogP contribution in [0.15, 0.2) is 30.3 Å². The molecule has 2 heteroatoms.